The van der Waals surface area contributed by atoms with Crippen molar-refractivity contribution in [2.45, 2.75) is 19.4 Å². The van der Waals surface area contributed by atoms with Crippen LogP contribution in [0.1, 0.15) is 18.4 Å². The van der Waals surface area contributed by atoms with E-state index in [1.54, 1.807) is 13.2 Å². The molecule has 0 unspecified atom stereocenters. The van der Waals surface area contributed by atoms with Gasteiger partial charge in [-0.1, -0.05) is 23.7 Å². The molecule has 0 aliphatic carbocycles. The third-order valence-corrected chi connectivity index (χ3v) is 5.88. The Morgan fingerprint density at radius 1 is 1.10 bits per heavy atom. The van der Waals surface area contributed by atoms with E-state index in [1.165, 1.54) is 30.7 Å². The molecule has 1 N–H and O–H groups in total. The first-order valence-electron chi connectivity index (χ1n) is 9.46. The number of hydrogen-bond acceptors (Lipinski definition) is 6. The fourth-order valence-electron chi connectivity index (χ4n) is 3.02. The van der Waals surface area contributed by atoms with Crippen molar-refractivity contribution in [3.05, 3.63) is 47.0 Å². The summed E-state index contributed by atoms with van der Waals surface area (Å²) < 4.78 is 41.6. The molecule has 2 aromatic rings. The molecule has 0 bridgehead atoms. The largest absolute Gasteiger partial charge is 0.495 e. The molecule has 2 aromatic carbocycles. The fourth-order valence-corrected chi connectivity index (χ4v) is 4.21. The predicted octanol–water partition coefficient (Wildman–Crippen LogP) is 3.69. The van der Waals surface area contributed by atoms with Crippen molar-refractivity contribution < 1.29 is 27.4 Å². The minimum absolute atomic E-state index is 0.0805. The van der Waals surface area contributed by atoms with Gasteiger partial charge in [0.25, 0.3) is 0 Å². The lowest BCUT2D eigenvalue weighted by molar-refractivity contribution is -0.116. The molecule has 0 aliphatic heterocycles. The highest BCUT2D eigenvalue weighted by atomic mass is 35.5. The van der Waals surface area contributed by atoms with Crippen LogP contribution < -0.4 is 19.1 Å². The van der Waals surface area contributed by atoms with Gasteiger partial charge in [-0.3, -0.25) is 9.10 Å². The SMILES string of the molecule is COCc1cccc(NC(=O)CCCN(c2cc(OC)c(Cl)cc2OC)S(C)(=O)=O)c1. The van der Waals surface area contributed by atoms with Gasteiger partial charge in [0.1, 0.15) is 11.5 Å². The second kappa shape index (κ2) is 11.2. The van der Waals surface area contributed by atoms with Crippen molar-refractivity contribution in [3.63, 3.8) is 0 Å². The maximum atomic E-state index is 12.4. The number of carbonyl (C=O) groups excluding carboxylic acids is 1. The van der Waals surface area contributed by atoms with E-state index in [4.69, 9.17) is 25.8 Å². The van der Waals surface area contributed by atoms with E-state index < -0.39 is 10.0 Å². The number of amides is 1. The Bertz CT molecular complexity index is 1010. The summed E-state index contributed by atoms with van der Waals surface area (Å²) in [7, 11) is 0.816. The summed E-state index contributed by atoms with van der Waals surface area (Å²) in [6.45, 7) is 0.524. The van der Waals surface area contributed by atoms with E-state index in [0.29, 0.717) is 35.2 Å². The van der Waals surface area contributed by atoms with Gasteiger partial charge in [-0.05, 0) is 24.1 Å². The zero-order chi connectivity index (χ0) is 23.0. The summed E-state index contributed by atoms with van der Waals surface area (Å²) in [5.74, 6) is 0.388. The number of anilines is 2. The smallest absolute Gasteiger partial charge is 0.232 e. The van der Waals surface area contributed by atoms with Gasteiger partial charge in [0.05, 0.1) is 37.8 Å². The Morgan fingerprint density at radius 2 is 1.81 bits per heavy atom. The summed E-state index contributed by atoms with van der Waals surface area (Å²) in [6.07, 6.45) is 1.52. The van der Waals surface area contributed by atoms with Crippen LogP contribution in [0.4, 0.5) is 11.4 Å². The molecule has 0 saturated carbocycles. The first kappa shape index (κ1) is 24.8. The Morgan fingerprint density at radius 3 is 2.42 bits per heavy atom. The standard InChI is InChI=1S/C21H27ClN2O6S/c1-28-14-15-7-5-8-16(11-15)23-21(25)9-6-10-24(31(4,26)27)18-13-19(29-2)17(22)12-20(18)30-3/h5,7-8,11-13H,6,9-10,14H2,1-4H3,(H,23,25). The van der Waals surface area contributed by atoms with Gasteiger partial charge < -0.3 is 19.5 Å². The molecular formula is C21H27ClN2O6S. The van der Waals surface area contributed by atoms with E-state index in [-0.39, 0.29) is 24.6 Å². The lowest BCUT2D eigenvalue weighted by Crippen LogP contribution is -2.32. The molecule has 10 heteroatoms. The molecule has 31 heavy (non-hydrogen) atoms. The average molecular weight is 471 g/mol. The van der Waals surface area contributed by atoms with Crippen LogP contribution in [-0.2, 0) is 26.2 Å². The molecular weight excluding hydrogens is 444 g/mol. The first-order valence-corrected chi connectivity index (χ1v) is 11.7. The maximum absolute atomic E-state index is 12.4. The average Bonchev–Trinajstić information content (AvgIpc) is 2.71. The van der Waals surface area contributed by atoms with E-state index in [0.717, 1.165) is 11.8 Å². The van der Waals surface area contributed by atoms with E-state index in [2.05, 4.69) is 5.32 Å². The predicted molar refractivity (Wildman–Crippen MR) is 122 cm³/mol. The Labute approximate surface area is 188 Å². The van der Waals surface area contributed by atoms with Crippen LogP contribution in [0.5, 0.6) is 11.5 Å². The Hall–Kier alpha value is -2.49. The molecule has 0 spiro atoms. The summed E-state index contributed by atoms with van der Waals surface area (Å²) >= 11 is 6.12. The summed E-state index contributed by atoms with van der Waals surface area (Å²) in [5.41, 5.74) is 1.88. The Kier molecular flexibility index (Phi) is 8.97. The van der Waals surface area contributed by atoms with Crippen LogP contribution in [0.25, 0.3) is 0 Å². The molecule has 2 rings (SSSR count). The number of benzene rings is 2. The third kappa shape index (κ3) is 7.02. The van der Waals surface area contributed by atoms with Gasteiger partial charge in [0, 0.05) is 37.9 Å². The Balaban J connectivity index is 2.10. The summed E-state index contributed by atoms with van der Waals surface area (Å²) in [4.78, 5) is 12.3. The first-order chi connectivity index (χ1) is 14.7. The van der Waals surface area contributed by atoms with Crippen molar-refractivity contribution >= 4 is 38.9 Å². The van der Waals surface area contributed by atoms with Gasteiger partial charge in [0.15, 0.2) is 0 Å². The number of ether oxygens (including phenoxy) is 3. The van der Waals surface area contributed by atoms with Gasteiger partial charge in [-0.25, -0.2) is 8.42 Å². The minimum atomic E-state index is -3.65. The van der Waals surface area contributed by atoms with Crippen molar-refractivity contribution in [3.8, 4) is 11.5 Å². The van der Waals surface area contributed by atoms with Crippen LogP contribution in [0.2, 0.25) is 5.02 Å². The molecule has 0 fully saturated rings. The number of sulfonamides is 1. The van der Waals surface area contributed by atoms with Crippen molar-refractivity contribution in [2.24, 2.45) is 0 Å². The van der Waals surface area contributed by atoms with Crippen LogP contribution >= 0.6 is 11.6 Å². The number of hydrogen-bond donors (Lipinski definition) is 1. The van der Waals surface area contributed by atoms with Crippen molar-refractivity contribution in [2.75, 3.05) is 43.8 Å². The monoisotopic (exact) mass is 470 g/mol. The number of nitrogens with one attached hydrogen (secondary N) is 1. The third-order valence-electron chi connectivity index (χ3n) is 4.41. The molecule has 0 aromatic heterocycles. The zero-order valence-electron chi connectivity index (χ0n) is 18.0. The topological polar surface area (TPSA) is 94.2 Å². The highest BCUT2D eigenvalue weighted by molar-refractivity contribution is 7.92. The molecule has 1 amide bonds. The van der Waals surface area contributed by atoms with Crippen molar-refractivity contribution in [1.29, 1.82) is 0 Å². The molecule has 0 aliphatic rings. The molecule has 8 nitrogen and oxygen atoms in total. The lowest BCUT2D eigenvalue weighted by Gasteiger charge is -2.25. The molecule has 0 atom stereocenters. The number of halogens is 1. The number of methoxy groups -OCH3 is 3. The maximum Gasteiger partial charge on any atom is 0.232 e. The zero-order valence-corrected chi connectivity index (χ0v) is 19.5. The van der Waals surface area contributed by atoms with Gasteiger partial charge in [-0.15, -0.1) is 0 Å². The van der Waals surface area contributed by atoms with Gasteiger partial charge >= 0.3 is 0 Å². The highest BCUT2D eigenvalue weighted by Gasteiger charge is 2.23. The second-order valence-corrected chi connectivity index (χ2v) is 9.09. The van der Waals surface area contributed by atoms with E-state index in [9.17, 15) is 13.2 Å². The molecule has 0 radical (unpaired) electrons. The van der Waals surface area contributed by atoms with Crippen LogP contribution in [0.15, 0.2) is 36.4 Å². The number of nitrogens with zero attached hydrogens (tertiary/aromatic N) is 1. The van der Waals surface area contributed by atoms with Gasteiger partial charge in [-0.2, -0.15) is 0 Å². The minimum Gasteiger partial charge on any atom is -0.495 e. The van der Waals surface area contributed by atoms with E-state index in [1.807, 2.05) is 18.2 Å². The second-order valence-electron chi connectivity index (χ2n) is 6.78. The van der Waals surface area contributed by atoms with Crippen LogP contribution in [0.3, 0.4) is 0 Å². The molecule has 170 valence electrons. The van der Waals surface area contributed by atoms with Crippen LogP contribution in [-0.4, -0.2) is 48.5 Å². The highest BCUT2D eigenvalue weighted by Crippen LogP contribution is 2.39. The van der Waals surface area contributed by atoms with Gasteiger partial charge in [0.2, 0.25) is 15.9 Å². The lowest BCUT2D eigenvalue weighted by atomic mass is 10.2. The molecule has 0 saturated heterocycles. The quantitative estimate of drug-likeness (QED) is 0.538. The normalized spacial score (nSPS) is 11.1. The summed E-state index contributed by atoms with van der Waals surface area (Å²) in [5, 5.41) is 3.11. The number of carbonyl (C=O) groups is 1. The van der Waals surface area contributed by atoms with Crippen LogP contribution in [0, 0.1) is 0 Å². The number of rotatable bonds is 11. The summed E-state index contributed by atoms with van der Waals surface area (Å²) in [6, 6.07) is 10.3. The van der Waals surface area contributed by atoms with Crippen molar-refractivity contribution in [1.82, 2.24) is 0 Å². The van der Waals surface area contributed by atoms with E-state index >= 15 is 0 Å². The fraction of sp³-hybridized carbons (Fsp3) is 0.381. The molecule has 0 heterocycles.